The number of nitrogens with zero attached hydrogens (tertiary/aromatic N) is 4. The van der Waals surface area contributed by atoms with Gasteiger partial charge in [-0.1, -0.05) is 6.07 Å². The van der Waals surface area contributed by atoms with Crippen LogP contribution in [0.1, 0.15) is 42.9 Å². The summed E-state index contributed by atoms with van der Waals surface area (Å²) in [7, 11) is 0. The second-order valence-electron chi connectivity index (χ2n) is 7.21. The fourth-order valence-electron chi connectivity index (χ4n) is 4.23. The van der Waals surface area contributed by atoms with Gasteiger partial charge in [-0.25, -0.2) is 13.9 Å². The van der Waals surface area contributed by atoms with Gasteiger partial charge in [-0.15, -0.1) is 0 Å². The predicted octanol–water partition coefficient (Wildman–Crippen LogP) is 3.48. The number of anilines is 2. The second-order valence-corrected chi connectivity index (χ2v) is 7.21. The first-order chi connectivity index (χ1) is 13.2. The molecule has 2 aliphatic heterocycles. The van der Waals surface area contributed by atoms with Gasteiger partial charge in [0.2, 0.25) is 5.91 Å². The topological polar surface area (TPSA) is 62.5 Å². The molecule has 1 amide bonds. The van der Waals surface area contributed by atoms with Crippen molar-refractivity contribution in [3.63, 3.8) is 0 Å². The van der Waals surface area contributed by atoms with Crippen LogP contribution in [-0.2, 0) is 11.2 Å². The number of amides is 1. The van der Waals surface area contributed by atoms with Crippen LogP contribution in [0.2, 0.25) is 0 Å². The van der Waals surface area contributed by atoms with E-state index in [0.29, 0.717) is 24.2 Å². The highest BCUT2D eigenvalue weighted by Crippen LogP contribution is 2.38. The van der Waals surface area contributed by atoms with Crippen molar-refractivity contribution < 1.29 is 9.18 Å². The molecule has 4 heterocycles. The van der Waals surface area contributed by atoms with Crippen molar-refractivity contribution in [2.24, 2.45) is 0 Å². The number of hydrogen-bond donors (Lipinski definition) is 1. The molecule has 2 aromatic heterocycles. The maximum atomic E-state index is 14.0. The summed E-state index contributed by atoms with van der Waals surface area (Å²) in [5, 5.41) is 7.20. The van der Waals surface area contributed by atoms with Gasteiger partial charge in [-0.2, -0.15) is 5.10 Å². The molecule has 1 saturated heterocycles. The highest BCUT2D eigenvalue weighted by atomic mass is 19.1. The summed E-state index contributed by atoms with van der Waals surface area (Å²) in [6.07, 6.45) is 7.36. The van der Waals surface area contributed by atoms with Crippen LogP contribution in [0, 0.1) is 5.82 Å². The number of benzene rings is 1. The molecule has 1 atom stereocenters. The van der Waals surface area contributed by atoms with Crippen LogP contribution >= 0.6 is 0 Å². The summed E-state index contributed by atoms with van der Waals surface area (Å²) in [5.41, 5.74) is 3.39. The smallest absolute Gasteiger partial charge is 0.224 e. The SMILES string of the molecule is O=C1CCCc2ccc(F)cc2C2CCCN2c2ccn3ncc(c3n2)N1. The molecule has 2 aliphatic rings. The van der Waals surface area contributed by atoms with Gasteiger partial charge in [0.1, 0.15) is 17.3 Å². The molecule has 5 rings (SSSR count). The molecule has 27 heavy (non-hydrogen) atoms. The Bertz CT molecular complexity index is 1030. The summed E-state index contributed by atoms with van der Waals surface area (Å²) in [6, 6.07) is 7.06. The van der Waals surface area contributed by atoms with Gasteiger partial charge in [-0.3, -0.25) is 4.79 Å². The van der Waals surface area contributed by atoms with Gasteiger partial charge in [0.25, 0.3) is 0 Å². The van der Waals surface area contributed by atoms with Gasteiger partial charge in [-0.05, 0) is 55.0 Å². The van der Waals surface area contributed by atoms with Gasteiger partial charge < -0.3 is 10.2 Å². The normalized spacial score (nSPS) is 19.8. The number of fused-ring (bicyclic) bond motifs is 5. The average Bonchev–Trinajstić information content (AvgIpc) is 3.29. The van der Waals surface area contributed by atoms with E-state index in [-0.39, 0.29) is 17.8 Å². The highest BCUT2D eigenvalue weighted by Gasteiger charge is 2.30. The van der Waals surface area contributed by atoms with Crippen LogP contribution in [0.5, 0.6) is 0 Å². The molecule has 0 saturated carbocycles. The minimum Gasteiger partial charge on any atom is -0.349 e. The monoisotopic (exact) mass is 365 g/mol. The molecule has 1 aromatic carbocycles. The third-order valence-corrected chi connectivity index (χ3v) is 5.49. The molecule has 1 N–H and O–H groups in total. The molecule has 0 aliphatic carbocycles. The van der Waals surface area contributed by atoms with Crippen molar-refractivity contribution in [3.05, 3.63) is 53.6 Å². The highest BCUT2D eigenvalue weighted by molar-refractivity contribution is 5.94. The fraction of sp³-hybridized carbons (Fsp3) is 0.350. The van der Waals surface area contributed by atoms with Crippen molar-refractivity contribution in [2.75, 3.05) is 16.8 Å². The molecule has 6 nitrogen and oxygen atoms in total. The van der Waals surface area contributed by atoms with Gasteiger partial charge in [0, 0.05) is 19.2 Å². The van der Waals surface area contributed by atoms with Gasteiger partial charge >= 0.3 is 0 Å². The third kappa shape index (κ3) is 2.83. The minimum absolute atomic E-state index is 0.0551. The predicted molar refractivity (Wildman–Crippen MR) is 100 cm³/mol. The quantitative estimate of drug-likeness (QED) is 0.662. The zero-order valence-electron chi connectivity index (χ0n) is 14.9. The van der Waals surface area contributed by atoms with Crippen LogP contribution < -0.4 is 10.2 Å². The summed E-state index contributed by atoms with van der Waals surface area (Å²) in [5.74, 6) is 0.556. The Balaban J connectivity index is 1.67. The number of rotatable bonds is 0. The lowest BCUT2D eigenvalue weighted by Gasteiger charge is -2.28. The number of aryl methyl sites for hydroxylation is 1. The summed E-state index contributed by atoms with van der Waals surface area (Å²) >= 11 is 0. The van der Waals surface area contributed by atoms with E-state index in [0.717, 1.165) is 42.8 Å². The Morgan fingerprint density at radius 3 is 3.04 bits per heavy atom. The zero-order chi connectivity index (χ0) is 18.4. The molecule has 1 unspecified atom stereocenters. The molecule has 2 bridgehead atoms. The van der Waals surface area contributed by atoms with E-state index in [4.69, 9.17) is 4.98 Å². The number of halogens is 1. The summed E-state index contributed by atoms with van der Waals surface area (Å²) < 4.78 is 15.7. The first kappa shape index (κ1) is 16.2. The number of nitrogens with one attached hydrogen (secondary N) is 1. The van der Waals surface area contributed by atoms with Crippen LogP contribution in [0.3, 0.4) is 0 Å². The zero-order valence-corrected chi connectivity index (χ0v) is 14.9. The molecule has 3 aromatic rings. The molecule has 7 heteroatoms. The van der Waals surface area contributed by atoms with Crippen LogP contribution in [0.15, 0.2) is 36.7 Å². The Hall–Kier alpha value is -2.96. The Morgan fingerprint density at radius 2 is 2.11 bits per heavy atom. The van der Waals surface area contributed by atoms with E-state index in [1.165, 1.54) is 6.07 Å². The van der Waals surface area contributed by atoms with Crippen LogP contribution in [-0.4, -0.2) is 27.0 Å². The maximum Gasteiger partial charge on any atom is 0.224 e. The van der Waals surface area contributed by atoms with Crippen molar-refractivity contribution in [2.45, 2.75) is 38.1 Å². The van der Waals surface area contributed by atoms with E-state index < -0.39 is 0 Å². The number of carbonyl (C=O) groups excluding carboxylic acids is 1. The Labute approximate surface area is 156 Å². The summed E-state index contributed by atoms with van der Waals surface area (Å²) in [4.78, 5) is 19.3. The molecule has 138 valence electrons. The first-order valence-electron chi connectivity index (χ1n) is 9.38. The van der Waals surface area contributed by atoms with Crippen molar-refractivity contribution in [3.8, 4) is 0 Å². The first-order valence-corrected chi connectivity index (χ1v) is 9.38. The fourth-order valence-corrected chi connectivity index (χ4v) is 4.23. The summed E-state index contributed by atoms with van der Waals surface area (Å²) in [6.45, 7) is 0.875. The number of carbonyl (C=O) groups is 1. The standard InChI is InChI=1S/C20H20FN5O/c21-14-7-6-13-3-1-5-19(27)23-16-12-22-26-10-8-18(24-20(16)26)25-9-2-4-17(25)15(13)11-14/h6-8,10-12,17H,1-5,9H2,(H,23,27). The Kier molecular flexibility index (Phi) is 3.81. The van der Waals surface area contributed by atoms with E-state index in [1.807, 2.05) is 18.3 Å². The third-order valence-electron chi connectivity index (χ3n) is 5.49. The van der Waals surface area contributed by atoms with E-state index in [1.54, 1.807) is 16.8 Å². The molecule has 0 radical (unpaired) electrons. The lowest BCUT2D eigenvalue weighted by Crippen LogP contribution is -2.24. The number of aromatic nitrogens is 3. The second kappa shape index (κ2) is 6.33. The van der Waals surface area contributed by atoms with Crippen molar-refractivity contribution in [1.82, 2.24) is 14.6 Å². The molecular formula is C20H20FN5O. The van der Waals surface area contributed by atoms with E-state index in [9.17, 15) is 9.18 Å². The largest absolute Gasteiger partial charge is 0.349 e. The van der Waals surface area contributed by atoms with E-state index in [2.05, 4.69) is 15.3 Å². The van der Waals surface area contributed by atoms with Crippen molar-refractivity contribution >= 4 is 23.1 Å². The minimum atomic E-state index is -0.218. The maximum absolute atomic E-state index is 14.0. The molecular weight excluding hydrogens is 345 g/mol. The average molecular weight is 365 g/mol. The van der Waals surface area contributed by atoms with Gasteiger partial charge in [0.15, 0.2) is 5.65 Å². The van der Waals surface area contributed by atoms with Gasteiger partial charge in [0.05, 0.1) is 12.2 Å². The van der Waals surface area contributed by atoms with Crippen LogP contribution in [0.25, 0.3) is 5.65 Å². The van der Waals surface area contributed by atoms with Crippen molar-refractivity contribution in [1.29, 1.82) is 0 Å². The van der Waals surface area contributed by atoms with E-state index >= 15 is 0 Å². The number of hydrogen-bond acceptors (Lipinski definition) is 4. The molecule has 0 spiro atoms. The lowest BCUT2D eigenvalue weighted by molar-refractivity contribution is -0.116. The molecule has 1 fully saturated rings. The Morgan fingerprint density at radius 1 is 1.19 bits per heavy atom. The van der Waals surface area contributed by atoms with Crippen LogP contribution in [0.4, 0.5) is 15.9 Å². The lowest BCUT2D eigenvalue weighted by atomic mass is 9.94.